The quantitative estimate of drug-likeness (QED) is 0.418. The van der Waals surface area contributed by atoms with Gasteiger partial charge in [0.05, 0.1) is 12.7 Å². The van der Waals surface area contributed by atoms with Crippen LogP contribution in [0.25, 0.3) is 0 Å². The van der Waals surface area contributed by atoms with Gasteiger partial charge in [0.2, 0.25) is 0 Å². The molecule has 2 nitrogen and oxygen atoms in total. The van der Waals surface area contributed by atoms with Crippen molar-refractivity contribution in [1.82, 2.24) is 0 Å². The summed E-state index contributed by atoms with van der Waals surface area (Å²) in [6.45, 7) is 16.6. The van der Waals surface area contributed by atoms with Gasteiger partial charge in [-0.3, -0.25) is 0 Å². The molecule has 0 aromatic heterocycles. The number of ether oxygens (including phenoxy) is 1. The lowest BCUT2D eigenvalue weighted by molar-refractivity contribution is 0.0599. The fourth-order valence-corrected chi connectivity index (χ4v) is 1.43. The van der Waals surface area contributed by atoms with Gasteiger partial charge in [-0.15, -0.1) is 12.1 Å². The molecular weight excluding hydrogens is 271 g/mol. The maximum absolute atomic E-state index is 11.5. The number of methoxy groups -OCH3 is 1. The van der Waals surface area contributed by atoms with Gasteiger partial charge in [0.1, 0.15) is 0 Å². The van der Waals surface area contributed by atoms with Crippen molar-refractivity contribution in [3.05, 3.63) is 59.6 Å². The van der Waals surface area contributed by atoms with E-state index in [0.29, 0.717) is 12.3 Å². The molecule has 0 amide bonds. The fraction of sp³-hybridized carbons (Fsp3) is 0.421. The van der Waals surface area contributed by atoms with Gasteiger partial charge in [-0.2, -0.15) is 0 Å². The van der Waals surface area contributed by atoms with E-state index in [1.165, 1.54) is 7.11 Å². The molecule has 0 bridgehead atoms. The van der Waals surface area contributed by atoms with Crippen LogP contribution in [0.15, 0.2) is 48.5 Å². The molecule has 0 aliphatic carbocycles. The van der Waals surface area contributed by atoms with E-state index in [1.54, 1.807) is 6.07 Å². The highest BCUT2D eigenvalue weighted by molar-refractivity contribution is 6.63. The third-order valence-electron chi connectivity index (χ3n) is 2.99. The highest BCUT2D eigenvalue weighted by atomic mass is 16.5. The first-order chi connectivity index (χ1) is 10.5. The standard InChI is InChI=1S/C13H17BO2.C4H8.C2H6/c1-10(14(2)3)9-11-7-5-6-8-12(11)13(15)16-4;1-3-4-2;1-2/h5-8H,1,9H2,2-4H3;3-4H,1-2H3;1-2H3/b;4-3-;. The summed E-state index contributed by atoms with van der Waals surface area (Å²) in [5.41, 5.74) is 2.73. The molecule has 0 N–H and O–H groups in total. The highest BCUT2D eigenvalue weighted by Crippen LogP contribution is 2.15. The van der Waals surface area contributed by atoms with E-state index in [2.05, 4.69) is 20.2 Å². The maximum atomic E-state index is 11.5. The van der Waals surface area contributed by atoms with Crippen molar-refractivity contribution >= 4 is 12.7 Å². The zero-order valence-electron chi connectivity index (χ0n) is 15.3. The first-order valence-electron chi connectivity index (χ1n) is 7.89. The van der Waals surface area contributed by atoms with Crippen LogP contribution in [0.1, 0.15) is 43.6 Å². The molecule has 0 fully saturated rings. The summed E-state index contributed by atoms with van der Waals surface area (Å²) in [5.74, 6) is -0.285. The van der Waals surface area contributed by atoms with Crippen molar-refractivity contribution in [3.8, 4) is 0 Å². The summed E-state index contributed by atoms with van der Waals surface area (Å²) in [4.78, 5) is 11.5. The summed E-state index contributed by atoms with van der Waals surface area (Å²) in [6.07, 6.45) is 4.73. The predicted octanol–water partition coefficient (Wildman–Crippen LogP) is 5.47. The summed E-state index contributed by atoms with van der Waals surface area (Å²) in [5, 5.41) is 0. The Balaban J connectivity index is 0. The topological polar surface area (TPSA) is 26.3 Å². The van der Waals surface area contributed by atoms with Crippen molar-refractivity contribution in [1.29, 1.82) is 0 Å². The average molecular weight is 302 g/mol. The monoisotopic (exact) mass is 302 g/mol. The van der Waals surface area contributed by atoms with Crippen molar-refractivity contribution in [2.24, 2.45) is 0 Å². The second kappa shape index (κ2) is 14.2. The number of hydrogen-bond acceptors (Lipinski definition) is 2. The molecule has 0 saturated heterocycles. The highest BCUT2D eigenvalue weighted by Gasteiger charge is 2.13. The van der Waals surface area contributed by atoms with E-state index in [-0.39, 0.29) is 5.97 Å². The van der Waals surface area contributed by atoms with Crippen LogP contribution in [0, 0.1) is 0 Å². The Morgan fingerprint density at radius 1 is 1.18 bits per heavy atom. The zero-order valence-corrected chi connectivity index (χ0v) is 15.3. The molecule has 0 aliphatic heterocycles. The van der Waals surface area contributed by atoms with Crippen LogP contribution in [-0.2, 0) is 11.2 Å². The number of carbonyl (C=O) groups excluding carboxylic acids is 1. The van der Waals surface area contributed by atoms with Gasteiger partial charge in [-0.05, 0) is 31.9 Å². The molecule has 22 heavy (non-hydrogen) atoms. The van der Waals surface area contributed by atoms with Crippen LogP contribution in [0.2, 0.25) is 13.6 Å². The number of benzene rings is 1. The van der Waals surface area contributed by atoms with Crippen LogP contribution in [0.5, 0.6) is 0 Å². The number of carbonyl (C=O) groups is 1. The largest absolute Gasteiger partial charge is 0.465 e. The van der Waals surface area contributed by atoms with Gasteiger partial charge in [-0.1, -0.05) is 57.8 Å². The second-order valence-electron chi connectivity index (χ2n) is 4.81. The van der Waals surface area contributed by atoms with Gasteiger partial charge in [0.15, 0.2) is 6.71 Å². The summed E-state index contributed by atoms with van der Waals surface area (Å²) in [6, 6.07) is 7.50. The van der Waals surface area contributed by atoms with Crippen LogP contribution in [0.4, 0.5) is 0 Å². The van der Waals surface area contributed by atoms with E-state index >= 15 is 0 Å². The number of allylic oxidation sites excluding steroid dienone is 3. The van der Waals surface area contributed by atoms with Gasteiger partial charge in [-0.25, -0.2) is 4.79 Å². The maximum Gasteiger partial charge on any atom is 0.338 e. The fourth-order valence-electron chi connectivity index (χ4n) is 1.43. The van der Waals surface area contributed by atoms with E-state index in [9.17, 15) is 4.79 Å². The summed E-state index contributed by atoms with van der Waals surface area (Å²) >= 11 is 0. The molecule has 0 atom stereocenters. The van der Waals surface area contributed by atoms with Crippen LogP contribution >= 0.6 is 0 Å². The van der Waals surface area contributed by atoms with E-state index < -0.39 is 0 Å². The molecule has 0 spiro atoms. The number of rotatable bonds is 4. The number of esters is 1. The van der Waals surface area contributed by atoms with Crippen molar-refractivity contribution in [2.75, 3.05) is 7.11 Å². The molecule has 0 heterocycles. The second-order valence-corrected chi connectivity index (χ2v) is 4.81. The Labute approximate surface area is 137 Å². The van der Waals surface area contributed by atoms with Crippen molar-refractivity contribution in [2.45, 2.75) is 47.8 Å². The molecule has 122 valence electrons. The minimum absolute atomic E-state index is 0.285. The molecule has 1 rings (SSSR count). The van der Waals surface area contributed by atoms with E-state index in [0.717, 1.165) is 17.5 Å². The molecule has 1 aromatic carbocycles. The van der Waals surface area contributed by atoms with Crippen LogP contribution in [0.3, 0.4) is 0 Å². The number of hydrogen-bond donors (Lipinski definition) is 0. The molecule has 1 aromatic rings. The van der Waals surface area contributed by atoms with Crippen LogP contribution < -0.4 is 0 Å². The lowest BCUT2D eigenvalue weighted by atomic mass is 9.48. The first kappa shape index (κ1) is 22.5. The molecular formula is C19H31BO2. The lowest BCUT2D eigenvalue weighted by Gasteiger charge is -2.10. The predicted molar refractivity (Wildman–Crippen MR) is 99.9 cm³/mol. The minimum Gasteiger partial charge on any atom is -0.465 e. The Morgan fingerprint density at radius 2 is 1.68 bits per heavy atom. The minimum atomic E-state index is -0.285. The molecule has 3 heteroatoms. The smallest absolute Gasteiger partial charge is 0.338 e. The average Bonchev–Trinajstić information content (AvgIpc) is 2.56. The van der Waals surface area contributed by atoms with Gasteiger partial charge in [0.25, 0.3) is 0 Å². The Bertz CT molecular complexity index is 458. The van der Waals surface area contributed by atoms with Gasteiger partial charge >= 0.3 is 5.97 Å². The van der Waals surface area contributed by atoms with Gasteiger partial charge in [0, 0.05) is 0 Å². The Hall–Kier alpha value is -1.77. The SMILES string of the molecule is C/C=C\C.C=C(Cc1ccccc1C(=O)OC)B(C)C.CC. The lowest BCUT2D eigenvalue weighted by Crippen LogP contribution is -2.11. The Kier molecular flexibility index (Phi) is 14.5. The third-order valence-corrected chi connectivity index (χ3v) is 2.99. The third kappa shape index (κ3) is 9.22. The molecule has 0 aliphatic rings. The normalized spacial score (nSPS) is 9.05. The first-order valence-corrected chi connectivity index (χ1v) is 7.89. The summed E-state index contributed by atoms with van der Waals surface area (Å²) in [7, 11) is 1.40. The van der Waals surface area contributed by atoms with E-state index in [1.807, 2.05) is 58.0 Å². The van der Waals surface area contributed by atoms with Gasteiger partial charge < -0.3 is 4.74 Å². The van der Waals surface area contributed by atoms with Crippen LogP contribution in [-0.4, -0.2) is 19.8 Å². The molecule has 0 saturated carbocycles. The Morgan fingerprint density at radius 3 is 2.09 bits per heavy atom. The molecule has 0 unspecified atom stereocenters. The summed E-state index contributed by atoms with van der Waals surface area (Å²) < 4.78 is 4.75. The van der Waals surface area contributed by atoms with Crippen molar-refractivity contribution < 1.29 is 9.53 Å². The zero-order chi connectivity index (χ0) is 17.5. The molecule has 0 radical (unpaired) electrons. The van der Waals surface area contributed by atoms with E-state index in [4.69, 9.17) is 4.74 Å². The van der Waals surface area contributed by atoms with Crippen molar-refractivity contribution in [3.63, 3.8) is 0 Å².